The SMILES string of the molecule is CC(C)C1CCCC(CN(C)C)N1. The number of hydrogen-bond donors (Lipinski definition) is 1. The maximum absolute atomic E-state index is 3.74. The third-order valence-electron chi connectivity index (χ3n) is 2.91. The molecule has 0 saturated carbocycles. The average Bonchev–Trinajstić information content (AvgIpc) is 2.03. The van der Waals surface area contributed by atoms with Crippen LogP contribution >= 0.6 is 0 Å². The quantitative estimate of drug-likeness (QED) is 0.718. The summed E-state index contributed by atoms with van der Waals surface area (Å²) in [6, 6.07) is 1.47. The molecule has 1 N–H and O–H groups in total. The molecule has 1 heterocycles. The van der Waals surface area contributed by atoms with Crippen molar-refractivity contribution < 1.29 is 0 Å². The Bertz CT molecular complexity index is 143. The van der Waals surface area contributed by atoms with E-state index in [0.29, 0.717) is 0 Å². The van der Waals surface area contributed by atoms with Gasteiger partial charge >= 0.3 is 0 Å². The molecule has 2 heteroatoms. The van der Waals surface area contributed by atoms with Gasteiger partial charge in [0.1, 0.15) is 0 Å². The van der Waals surface area contributed by atoms with Crippen LogP contribution < -0.4 is 5.32 Å². The molecule has 2 atom stereocenters. The summed E-state index contributed by atoms with van der Waals surface area (Å²) in [6.07, 6.45) is 4.11. The standard InChI is InChI=1S/C11H24N2/c1-9(2)11-7-5-6-10(12-11)8-13(3)4/h9-12H,5-8H2,1-4H3. The number of nitrogens with one attached hydrogen (secondary N) is 1. The Balaban J connectivity index is 2.33. The van der Waals surface area contributed by atoms with Gasteiger partial charge in [-0.05, 0) is 32.9 Å². The van der Waals surface area contributed by atoms with Gasteiger partial charge in [0.25, 0.3) is 0 Å². The maximum Gasteiger partial charge on any atom is 0.0197 e. The van der Waals surface area contributed by atoms with E-state index in [1.807, 2.05) is 0 Å². The fraction of sp³-hybridized carbons (Fsp3) is 1.00. The van der Waals surface area contributed by atoms with E-state index in [1.165, 1.54) is 25.8 Å². The molecule has 0 aromatic rings. The second-order valence-corrected chi connectivity index (χ2v) is 4.91. The lowest BCUT2D eigenvalue weighted by Crippen LogP contribution is -2.49. The zero-order chi connectivity index (χ0) is 9.84. The Labute approximate surface area is 82.7 Å². The summed E-state index contributed by atoms with van der Waals surface area (Å²) in [5.41, 5.74) is 0. The number of piperidine rings is 1. The van der Waals surface area contributed by atoms with Gasteiger partial charge in [-0.15, -0.1) is 0 Å². The molecule has 2 nitrogen and oxygen atoms in total. The molecule has 1 saturated heterocycles. The number of likely N-dealkylation sites (N-methyl/N-ethyl adjacent to an activating group) is 1. The summed E-state index contributed by atoms with van der Waals surface area (Å²) in [5, 5.41) is 3.74. The van der Waals surface area contributed by atoms with Crippen molar-refractivity contribution in [2.45, 2.75) is 45.2 Å². The van der Waals surface area contributed by atoms with Crippen LogP contribution in [0.25, 0.3) is 0 Å². The van der Waals surface area contributed by atoms with Crippen LogP contribution in [-0.2, 0) is 0 Å². The van der Waals surface area contributed by atoms with Crippen molar-refractivity contribution in [1.29, 1.82) is 0 Å². The summed E-state index contributed by atoms with van der Waals surface area (Å²) < 4.78 is 0. The van der Waals surface area contributed by atoms with E-state index < -0.39 is 0 Å². The molecule has 0 amide bonds. The van der Waals surface area contributed by atoms with E-state index in [9.17, 15) is 0 Å². The molecular formula is C11H24N2. The van der Waals surface area contributed by atoms with E-state index in [4.69, 9.17) is 0 Å². The summed E-state index contributed by atoms with van der Waals surface area (Å²) >= 11 is 0. The highest BCUT2D eigenvalue weighted by atomic mass is 15.1. The predicted molar refractivity (Wildman–Crippen MR) is 58.0 cm³/mol. The monoisotopic (exact) mass is 184 g/mol. The van der Waals surface area contributed by atoms with Crippen LogP contribution in [0.1, 0.15) is 33.1 Å². The van der Waals surface area contributed by atoms with Crippen LogP contribution in [0.2, 0.25) is 0 Å². The Morgan fingerprint density at radius 3 is 2.54 bits per heavy atom. The average molecular weight is 184 g/mol. The molecule has 0 aliphatic carbocycles. The number of rotatable bonds is 3. The first kappa shape index (κ1) is 11.0. The van der Waals surface area contributed by atoms with Gasteiger partial charge in [-0.25, -0.2) is 0 Å². The normalized spacial score (nSPS) is 30.0. The van der Waals surface area contributed by atoms with Crippen LogP contribution in [0.4, 0.5) is 0 Å². The van der Waals surface area contributed by atoms with Gasteiger partial charge in [0.15, 0.2) is 0 Å². The summed E-state index contributed by atoms with van der Waals surface area (Å²) in [6.45, 7) is 5.81. The molecular weight excluding hydrogens is 160 g/mol. The van der Waals surface area contributed by atoms with Crippen molar-refractivity contribution in [3.63, 3.8) is 0 Å². The van der Waals surface area contributed by atoms with E-state index >= 15 is 0 Å². The van der Waals surface area contributed by atoms with Crippen LogP contribution in [0.15, 0.2) is 0 Å². The minimum Gasteiger partial charge on any atom is -0.310 e. The summed E-state index contributed by atoms with van der Waals surface area (Å²) in [4.78, 5) is 2.28. The van der Waals surface area contributed by atoms with Gasteiger partial charge in [-0.3, -0.25) is 0 Å². The van der Waals surface area contributed by atoms with Gasteiger partial charge in [0, 0.05) is 18.6 Å². The van der Waals surface area contributed by atoms with Crippen molar-refractivity contribution in [3.05, 3.63) is 0 Å². The first-order valence-corrected chi connectivity index (χ1v) is 5.50. The predicted octanol–water partition coefficient (Wildman–Crippen LogP) is 1.71. The topological polar surface area (TPSA) is 15.3 Å². The van der Waals surface area contributed by atoms with Crippen LogP contribution in [0, 0.1) is 5.92 Å². The lowest BCUT2D eigenvalue weighted by molar-refractivity contribution is 0.229. The molecule has 0 aromatic heterocycles. The molecule has 0 radical (unpaired) electrons. The third kappa shape index (κ3) is 3.65. The van der Waals surface area contributed by atoms with Gasteiger partial charge in [0.2, 0.25) is 0 Å². The van der Waals surface area contributed by atoms with Crippen molar-refractivity contribution in [2.75, 3.05) is 20.6 Å². The van der Waals surface area contributed by atoms with Crippen LogP contribution in [-0.4, -0.2) is 37.6 Å². The minimum absolute atomic E-state index is 0.719. The summed E-state index contributed by atoms with van der Waals surface area (Å²) in [7, 11) is 4.31. The molecule has 0 spiro atoms. The van der Waals surface area contributed by atoms with E-state index in [1.54, 1.807) is 0 Å². The second-order valence-electron chi connectivity index (χ2n) is 4.91. The smallest absolute Gasteiger partial charge is 0.0197 e. The Kier molecular flexibility index (Phi) is 4.20. The Hall–Kier alpha value is -0.0800. The highest BCUT2D eigenvalue weighted by molar-refractivity contribution is 4.83. The zero-order valence-electron chi connectivity index (χ0n) is 9.51. The second kappa shape index (κ2) is 4.97. The van der Waals surface area contributed by atoms with Gasteiger partial charge < -0.3 is 10.2 Å². The lowest BCUT2D eigenvalue weighted by Gasteiger charge is -2.34. The van der Waals surface area contributed by atoms with Gasteiger partial charge in [-0.1, -0.05) is 20.3 Å². The number of nitrogens with zero attached hydrogens (tertiary/aromatic N) is 1. The van der Waals surface area contributed by atoms with Crippen molar-refractivity contribution >= 4 is 0 Å². The molecule has 1 rings (SSSR count). The molecule has 0 bridgehead atoms. The van der Waals surface area contributed by atoms with E-state index in [0.717, 1.165) is 18.0 Å². The lowest BCUT2D eigenvalue weighted by atomic mass is 9.91. The fourth-order valence-corrected chi connectivity index (χ4v) is 2.16. The molecule has 1 aliphatic heterocycles. The Morgan fingerprint density at radius 2 is 2.00 bits per heavy atom. The van der Waals surface area contributed by atoms with Crippen molar-refractivity contribution in [3.8, 4) is 0 Å². The molecule has 2 unspecified atom stereocenters. The van der Waals surface area contributed by atoms with E-state index in [2.05, 4.69) is 38.2 Å². The fourth-order valence-electron chi connectivity index (χ4n) is 2.16. The van der Waals surface area contributed by atoms with E-state index in [-0.39, 0.29) is 0 Å². The Morgan fingerprint density at radius 1 is 1.31 bits per heavy atom. The minimum atomic E-state index is 0.719. The zero-order valence-corrected chi connectivity index (χ0v) is 9.51. The highest BCUT2D eigenvalue weighted by Gasteiger charge is 2.22. The summed E-state index contributed by atoms with van der Waals surface area (Å²) in [5.74, 6) is 0.782. The van der Waals surface area contributed by atoms with Crippen molar-refractivity contribution in [2.24, 2.45) is 5.92 Å². The van der Waals surface area contributed by atoms with Crippen LogP contribution in [0.3, 0.4) is 0 Å². The van der Waals surface area contributed by atoms with Gasteiger partial charge in [0.05, 0.1) is 0 Å². The highest BCUT2D eigenvalue weighted by Crippen LogP contribution is 2.18. The largest absolute Gasteiger partial charge is 0.310 e. The molecule has 13 heavy (non-hydrogen) atoms. The molecule has 1 fully saturated rings. The molecule has 0 aromatic carbocycles. The molecule has 1 aliphatic rings. The third-order valence-corrected chi connectivity index (χ3v) is 2.91. The number of hydrogen-bond acceptors (Lipinski definition) is 2. The maximum atomic E-state index is 3.74. The first-order chi connectivity index (χ1) is 6.09. The molecule has 78 valence electrons. The van der Waals surface area contributed by atoms with Crippen LogP contribution in [0.5, 0.6) is 0 Å². The first-order valence-electron chi connectivity index (χ1n) is 5.50. The van der Waals surface area contributed by atoms with Crippen molar-refractivity contribution in [1.82, 2.24) is 10.2 Å². The van der Waals surface area contributed by atoms with Gasteiger partial charge in [-0.2, -0.15) is 0 Å².